The Morgan fingerprint density at radius 3 is 1.63 bits per heavy atom. The first kappa shape index (κ1) is 32.2. The molecular formula is C23H52NO5P. The van der Waals surface area contributed by atoms with E-state index in [0.29, 0.717) is 6.61 Å². The van der Waals surface area contributed by atoms with Crippen molar-refractivity contribution in [2.24, 2.45) is 5.92 Å². The molecule has 0 heterocycles. The summed E-state index contributed by atoms with van der Waals surface area (Å²) >= 11 is 0. The third-order valence-electron chi connectivity index (χ3n) is 5.01. The Morgan fingerprint density at radius 1 is 0.767 bits per heavy atom. The first-order chi connectivity index (χ1) is 14.3. The van der Waals surface area contributed by atoms with Crippen molar-refractivity contribution >= 4 is 7.82 Å². The average molecular weight is 454 g/mol. The first-order valence-corrected chi connectivity index (χ1v) is 13.8. The summed E-state index contributed by atoms with van der Waals surface area (Å²) in [7, 11) is -4.25. The maximum Gasteiger partial charge on any atom is 0.469 e. The Hall–Kier alpha value is 0.0300. The van der Waals surface area contributed by atoms with Gasteiger partial charge in [0.2, 0.25) is 0 Å². The van der Waals surface area contributed by atoms with Gasteiger partial charge in [0.15, 0.2) is 0 Å². The summed E-state index contributed by atoms with van der Waals surface area (Å²) in [5.74, 6) is 0.819. The van der Waals surface area contributed by atoms with Crippen LogP contribution in [0.5, 0.6) is 0 Å². The van der Waals surface area contributed by atoms with Gasteiger partial charge in [-0.3, -0.25) is 4.52 Å². The predicted molar refractivity (Wildman–Crippen MR) is 128 cm³/mol. The number of hydrogen-bond acceptors (Lipinski definition) is 4. The third kappa shape index (κ3) is 30.2. The molecule has 0 fully saturated rings. The van der Waals surface area contributed by atoms with Crippen molar-refractivity contribution in [2.45, 2.75) is 111 Å². The van der Waals surface area contributed by atoms with Gasteiger partial charge in [-0.15, -0.1) is 0 Å². The van der Waals surface area contributed by atoms with Crippen LogP contribution in [-0.2, 0) is 9.09 Å². The maximum atomic E-state index is 10.4. The number of phosphoric ester groups is 1. The molecule has 0 aromatic carbocycles. The molecule has 0 aliphatic carbocycles. The fourth-order valence-electron chi connectivity index (χ4n) is 3.14. The van der Waals surface area contributed by atoms with Gasteiger partial charge < -0.3 is 19.8 Å². The van der Waals surface area contributed by atoms with Crippen molar-refractivity contribution in [3.63, 3.8) is 0 Å². The van der Waals surface area contributed by atoms with Crippen molar-refractivity contribution in [2.75, 3.05) is 32.8 Å². The van der Waals surface area contributed by atoms with E-state index < -0.39 is 7.82 Å². The van der Waals surface area contributed by atoms with E-state index in [9.17, 15) is 4.57 Å². The highest BCUT2D eigenvalue weighted by atomic mass is 31.2. The molecular weight excluding hydrogens is 401 g/mol. The van der Waals surface area contributed by atoms with E-state index in [0.717, 1.165) is 44.8 Å². The van der Waals surface area contributed by atoms with Crippen molar-refractivity contribution < 1.29 is 24.0 Å². The van der Waals surface area contributed by atoms with Crippen molar-refractivity contribution in [3.05, 3.63) is 0 Å². The minimum Gasteiger partial charge on any atom is -0.395 e. The topological polar surface area (TPSA) is 90.2 Å². The Morgan fingerprint density at radius 2 is 1.23 bits per heavy atom. The van der Waals surface area contributed by atoms with Crippen molar-refractivity contribution in [3.8, 4) is 0 Å². The molecule has 30 heavy (non-hydrogen) atoms. The quantitative estimate of drug-likeness (QED) is 0.151. The van der Waals surface area contributed by atoms with Gasteiger partial charge in [0.05, 0.1) is 13.2 Å². The zero-order valence-corrected chi connectivity index (χ0v) is 21.3. The minimum absolute atomic E-state index is 0.165. The number of hydrogen-bond donors (Lipinski definition) is 3. The molecule has 0 amide bonds. The minimum atomic E-state index is -4.25. The lowest BCUT2D eigenvalue weighted by Gasteiger charge is -2.20. The number of phosphoric acid groups is 1. The number of nitrogens with zero attached hydrogens (tertiary/aromatic N) is 1. The first-order valence-electron chi connectivity index (χ1n) is 12.3. The summed E-state index contributed by atoms with van der Waals surface area (Å²) in [5, 5.41) is 8.79. The molecule has 0 bridgehead atoms. The lowest BCUT2D eigenvalue weighted by molar-refractivity contribution is 0.192. The molecule has 6 nitrogen and oxygen atoms in total. The molecule has 0 unspecified atom stereocenters. The van der Waals surface area contributed by atoms with E-state index in [-0.39, 0.29) is 6.61 Å². The van der Waals surface area contributed by atoms with Crippen LogP contribution in [0.2, 0.25) is 0 Å². The molecule has 0 aliphatic rings. The lowest BCUT2D eigenvalue weighted by Crippen LogP contribution is -2.28. The molecule has 0 aromatic heterocycles. The van der Waals surface area contributed by atoms with Crippen molar-refractivity contribution in [1.82, 2.24) is 4.90 Å². The summed E-state index contributed by atoms with van der Waals surface area (Å²) in [6, 6.07) is 0. The zero-order chi connectivity index (χ0) is 23.1. The highest BCUT2D eigenvalue weighted by Crippen LogP contribution is 2.35. The van der Waals surface area contributed by atoms with Crippen LogP contribution in [0.3, 0.4) is 0 Å². The summed E-state index contributed by atoms with van der Waals surface area (Å²) in [6.07, 6.45) is 15.7. The fraction of sp³-hybridized carbons (Fsp3) is 1.00. The van der Waals surface area contributed by atoms with E-state index in [1.807, 2.05) is 0 Å². The maximum absolute atomic E-state index is 10.4. The van der Waals surface area contributed by atoms with Gasteiger partial charge in [-0.25, -0.2) is 4.57 Å². The molecule has 0 saturated heterocycles. The summed E-state index contributed by atoms with van der Waals surface area (Å²) in [5.41, 5.74) is 0. The number of aliphatic hydroxyl groups excluding tert-OH is 1. The van der Waals surface area contributed by atoms with Crippen LogP contribution in [0.15, 0.2) is 0 Å². The highest BCUT2D eigenvalue weighted by molar-refractivity contribution is 7.46. The molecule has 184 valence electrons. The molecule has 0 spiro atoms. The molecule has 0 saturated carbocycles. The summed E-state index contributed by atoms with van der Waals surface area (Å²) in [4.78, 5) is 19.3. The molecule has 0 radical (unpaired) electrons. The van der Waals surface area contributed by atoms with Crippen LogP contribution in [0.25, 0.3) is 0 Å². The van der Waals surface area contributed by atoms with Gasteiger partial charge in [-0.1, -0.05) is 91.9 Å². The monoisotopic (exact) mass is 453 g/mol. The van der Waals surface area contributed by atoms with Gasteiger partial charge in [-0.05, 0) is 38.3 Å². The van der Waals surface area contributed by atoms with Crippen LogP contribution in [0.1, 0.15) is 111 Å². The predicted octanol–water partition coefficient (Wildman–Crippen LogP) is 6.14. The van der Waals surface area contributed by atoms with Crippen LogP contribution in [0, 0.1) is 5.92 Å². The lowest BCUT2D eigenvalue weighted by atomic mass is 10.0. The molecule has 0 aromatic rings. The summed E-state index contributed by atoms with van der Waals surface area (Å²) in [6.45, 7) is 12.5. The number of rotatable bonds is 20. The van der Waals surface area contributed by atoms with E-state index in [1.54, 1.807) is 0 Å². The molecule has 0 rings (SSSR count). The van der Waals surface area contributed by atoms with Crippen LogP contribution >= 0.6 is 7.82 Å². The summed E-state index contributed by atoms with van der Waals surface area (Å²) < 4.78 is 14.8. The van der Waals surface area contributed by atoms with Gasteiger partial charge in [0, 0.05) is 6.54 Å². The fourth-order valence-corrected chi connectivity index (χ4v) is 3.51. The van der Waals surface area contributed by atoms with E-state index >= 15 is 0 Å². The normalized spacial score (nSPS) is 11.8. The van der Waals surface area contributed by atoms with Gasteiger partial charge in [0.1, 0.15) is 0 Å². The largest absolute Gasteiger partial charge is 0.469 e. The van der Waals surface area contributed by atoms with E-state index in [2.05, 4.69) is 37.1 Å². The molecule has 0 aliphatic heterocycles. The number of unbranched alkanes of at least 4 members (excludes halogenated alkanes) is 9. The standard InChI is InChI=1S/C13H29O4P.C10H23NO/c1-13(2)11-9-7-5-3-4-6-8-10-12-17-18(14,15)16;1-3-5-7-11(9-10-12)8-6-4-2/h13H,3-12H2,1-2H3,(H2,14,15,16);12H,3-10H2,1-2H3. The Labute approximate surface area is 187 Å². The van der Waals surface area contributed by atoms with Crippen LogP contribution < -0.4 is 0 Å². The van der Waals surface area contributed by atoms with Crippen LogP contribution in [0.4, 0.5) is 0 Å². The third-order valence-corrected chi connectivity index (χ3v) is 5.53. The molecule has 3 N–H and O–H groups in total. The second-order valence-corrected chi connectivity index (χ2v) is 9.85. The van der Waals surface area contributed by atoms with Gasteiger partial charge in [-0.2, -0.15) is 0 Å². The molecule has 0 atom stereocenters. The van der Waals surface area contributed by atoms with Gasteiger partial charge in [0.25, 0.3) is 0 Å². The number of aliphatic hydroxyl groups is 1. The SMILES string of the molecule is CC(C)CCCCCCCCCCOP(=O)(O)O.CCCCN(CCO)CCCC. The Balaban J connectivity index is 0. The Bertz CT molecular complexity index is 369. The second-order valence-electron chi connectivity index (χ2n) is 8.61. The van der Waals surface area contributed by atoms with Crippen LogP contribution in [-0.4, -0.2) is 52.6 Å². The van der Waals surface area contributed by atoms with Crippen molar-refractivity contribution in [1.29, 1.82) is 0 Å². The smallest absolute Gasteiger partial charge is 0.395 e. The van der Waals surface area contributed by atoms with E-state index in [4.69, 9.17) is 14.9 Å². The second kappa shape index (κ2) is 23.7. The zero-order valence-electron chi connectivity index (χ0n) is 20.4. The Kier molecular flexibility index (Phi) is 25.4. The van der Waals surface area contributed by atoms with Gasteiger partial charge >= 0.3 is 7.82 Å². The average Bonchev–Trinajstić information content (AvgIpc) is 2.67. The highest BCUT2D eigenvalue weighted by Gasteiger charge is 2.12. The molecule has 7 heteroatoms. The van der Waals surface area contributed by atoms with E-state index in [1.165, 1.54) is 64.2 Å².